The van der Waals surface area contributed by atoms with Crippen LogP contribution < -0.4 is 10.3 Å². The summed E-state index contributed by atoms with van der Waals surface area (Å²) in [5.41, 5.74) is 1.30. The summed E-state index contributed by atoms with van der Waals surface area (Å²) in [6.45, 7) is 5.32. The molecule has 27 heavy (non-hydrogen) atoms. The SMILES string of the molecule is Cc1cc(=O)n(CC(=O)N2CCCC(COc3ccc(F)cc3)C2)nc1C. The molecule has 1 aromatic heterocycles. The number of amides is 1. The van der Waals surface area contributed by atoms with Gasteiger partial charge in [0.05, 0.1) is 12.3 Å². The smallest absolute Gasteiger partial charge is 0.267 e. The number of rotatable bonds is 5. The first-order valence-electron chi connectivity index (χ1n) is 9.14. The van der Waals surface area contributed by atoms with Gasteiger partial charge >= 0.3 is 0 Å². The van der Waals surface area contributed by atoms with Crippen molar-refractivity contribution in [3.8, 4) is 5.75 Å². The van der Waals surface area contributed by atoms with Gasteiger partial charge in [-0.25, -0.2) is 9.07 Å². The van der Waals surface area contributed by atoms with E-state index < -0.39 is 0 Å². The van der Waals surface area contributed by atoms with Crippen molar-refractivity contribution >= 4 is 5.91 Å². The van der Waals surface area contributed by atoms with Crippen LogP contribution in [0.3, 0.4) is 0 Å². The lowest BCUT2D eigenvalue weighted by atomic mass is 9.99. The maximum absolute atomic E-state index is 12.9. The van der Waals surface area contributed by atoms with Crippen LogP contribution >= 0.6 is 0 Å². The minimum atomic E-state index is -0.299. The predicted octanol–water partition coefficient (Wildman–Crippen LogP) is 2.32. The zero-order valence-corrected chi connectivity index (χ0v) is 15.7. The molecule has 1 amide bonds. The van der Waals surface area contributed by atoms with Crippen molar-refractivity contribution in [2.75, 3.05) is 19.7 Å². The van der Waals surface area contributed by atoms with Crippen molar-refractivity contribution in [1.29, 1.82) is 0 Å². The van der Waals surface area contributed by atoms with Crippen molar-refractivity contribution in [3.63, 3.8) is 0 Å². The van der Waals surface area contributed by atoms with E-state index in [0.29, 0.717) is 25.4 Å². The second-order valence-corrected chi connectivity index (χ2v) is 7.02. The fourth-order valence-electron chi connectivity index (χ4n) is 3.19. The number of nitrogens with zero attached hydrogens (tertiary/aromatic N) is 3. The molecule has 2 heterocycles. The maximum atomic E-state index is 12.9. The Hall–Kier alpha value is -2.70. The molecule has 1 unspecified atom stereocenters. The first-order chi connectivity index (χ1) is 12.9. The van der Waals surface area contributed by atoms with Crippen LogP contribution in [-0.2, 0) is 11.3 Å². The molecule has 0 N–H and O–H groups in total. The molecular weight excluding hydrogens is 349 g/mol. The average molecular weight is 373 g/mol. The highest BCUT2D eigenvalue weighted by Crippen LogP contribution is 2.19. The molecule has 6 nitrogen and oxygen atoms in total. The number of carbonyl (C=O) groups is 1. The van der Waals surface area contributed by atoms with Crippen LogP contribution in [0, 0.1) is 25.6 Å². The number of aryl methyl sites for hydroxylation is 2. The van der Waals surface area contributed by atoms with Crippen LogP contribution in [0.25, 0.3) is 0 Å². The maximum Gasteiger partial charge on any atom is 0.267 e. The molecule has 0 bridgehead atoms. The number of ether oxygens (including phenoxy) is 1. The third-order valence-corrected chi connectivity index (χ3v) is 4.89. The number of piperidine rings is 1. The van der Waals surface area contributed by atoms with Crippen LogP contribution in [0.15, 0.2) is 35.1 Å². The number of hydrogen-bond donors (Lipinski definition) is 0. The zero-order valence-electron chi connectivity index (χ0n) is 15.7. The summed E-state index contributed by atoms with van der Waals surface area (Å²) in [7, 11) is 0. The van der Waals surface area contributed by atoms with Gasteiger partial charge in [0.1, 0.15) is 18.1 Å². The van der Waals surface area contributed by atoms with Gasteiger partial charge in [0.25, 0.3) is 5.56 Å². The molecule has 7 heteroatoms. The van der Waals surface area contributed by atoms with Crippen molar-refractivity contribution in [3.05, 3.63) is 57.8 Å². The van der Waals surface area contributed by atoms with E-state index in [-0.39, 0.29) is 29.7 Å². The summed E-state index contributed by atoms with van der Waals surface area (Å²) in [5, 5.41) is 4.21. The molecule has 2 aromatic rings. The molecule has 0 radical (unpaired) electrons. The minimum absolute atomic E-state index is 0.0501. The third-order valence-electron chi connectivity index (χ3n) is 4.89. The van der Waals surface area contributed by atoms with E-state index in [9.17, 15) is 14.0 Å². The van der Waals surface area contributed by atoms with Gasteiger partial charge in [-0.15, -0.1) is 0 Å². The lowest BCUT2D eigenvalue weighted by Crippen LogP contribution is -2.44. The van der Waals surface area contributed by atoms with E-state index in [1.807, 2.05) is 13.8 Å². The Bertz CT molecular complexity index is 864. The number of benzene rings is 1. The Labute approximate surface area is 157 Å². The Morgan fingerprint density at radius 2 is 2.04 bits per heavy atom. The first-order valence-corrected chi connectivity index (χ1v) is 9.14. The molecule has 1 atom stereocenters. The van der Waals surface area contributed by atoms with Gasteiger partial charge in [0.15, 0.2) is 0 Å². The molecule has 0 aliphatic carbocycles. The lowest BCUT2D eigenvalue weighted by Gasteiger charge is -2.32. The van der Waals surface area contributed by atoms with Crippen molar-refractivity contribution < 1.29 is 13.9 Å². The van der Waals surface area contributed by atoms with Crippen LogP contribution in [0.4, 0.5) is 4.39 Å². The minimum Gasteiger partial charge on any atom is -0.493 e. The zero-order chi connectivity index (χ0) is 19.4. The molecule has 1 saturated heterocycles. The Kier molecular flexibility index (Phi) is 5.88. The molecule has 1 aliphatic heterocycles. The summed E-state index contributed by atoms with van der Waals surface area (Å²) in [6, 6.07) is 7.42. The molecule has 0 saturated carbocycles. The number of hydrogen-bond acceptors (Lipinski definition) is 4. The Morgan fingerprint density at radius 3 is 2.78 bits per heavy atom. The number of aromatic nitrogens is 2. The normalized spacial score (nSPS) is 17.0. The number of likely N-dealkylation sites (tertiary alicyclic amines) is 1. The molecule has 3 rings (SSSR count). The Morgan fingerprint density at radius 1 is 1.30 bits per heavy atom. The molecule has 144 valence electrons. The fraction of sp³-hybridized carbons (Fsp3) is 0.450. The quantitative estimate of drug-likeness (QED) is 0.807. The highest BCUT2D eigenvalue weighted by molar-refractivity contribution is 5.76. The summed E-state index contributed by atoms with van der Waals surface area (Å²) in [4.78, 5) is 26.4. The highest BCUT2D eigenvalue weighted by Gasteiger charge is 2.24. The van der Waals surface area contributed by atoms with Gasteiger partial charge in [0.2, 0.25) is 5.91 Å². The fourth-order valence-corrected chi connectivity index (χ4v) is 3.19. The van der Waals surface area contributed by atoms with E-state index in [1.54, 1.807) is 17.0 Å². The van der Waals surface area contributed by atoms with E-state index >= 15 is 0 Å². The van der Waals surface area contributed by atoms with Crippen LogP contribution in [0.2, 0.25) is 0 Å². The summed E-state index contributed by atoms with van der Waals surface area (Å²) in [6.07, 6.45) is 1.85. The topological polar surface area (TPSA) is 64.4 Å². The van der Waals surface area contributed by atoms with Gasteiger partial charge in [-0.2, -0.15) is 5.10 Å². The average Bonchev–Trinajstić information content (AvgIpc) is 2.66. The molecule has 1 aromatic carbocycles. The Balaban J connectivity index is 1.57. The second kappa shape index (κ2) is 8.33. The van der Waals surface area contributed by atoms with Crippen molar-refractivity contribution in [2.45, 2.75) is 33.2 Å². The number of carbonyl (C=O) groups excluding carboxylic acids is 1. The second-order valence-electron chi connectivity index (χ2n) is 7.02. The highest BCUT2D eigenvalue weighted by atomic mass is 19.1. The molecular formula is C20H24FN3O3. The molecule has 1 aliphatic rings. The molecule has 0 spiro atoms. The summed E-state index contributed by atoms with van der Waals surface area (Å²) in [5.74, 6) is 0.411. The largest absolute Gasteiger partial charge is 0.493 e. The lowest BCUT2D eigenvalue weighted by molar-refractivity contribution is -0.134. The van der Waals surface area contributed by atoms with Gasteiger partial charge in [-0.3, -0.25) is 9.59 Å². The first kappa shape index (κ1) is 19.1. The molecule has 1 fully saturated rings. The monoisotopic (exact) mass is 373 g/mol. The van der Waals surface area contributed by atoms with Crippen LogP contribution in [-0.4, -0.2) is 40.3 Å². The van der Waals surface area contributed by atoms with Gasteiger partial charge < -0.3 is 9.64 Å². The van der Waals surface area contributed by atoms with Gasteiger partial charge in [0, 0.05) is 25.1 Å². The third kappa shape index (κ3) is 4.93. The standard InChI is InChI=1S/C20H24FN3O3/c1-14-10-19(25)24(22-15(14)2)12-20(26)23-9-3-4-16(11-23)13-27-18-7-5-17(21)6-8-18/h5-8,10,16H,3-4,9,11-13H2,1-2H3. The number of halogens is 1. The summed E-state index contributed by atoms with van der Waals surface area (Å²) < 4.78 is 19.9. The van der Waals surface area contributed by atoms with Crippen molar-refractivity contribution in [2.24, 2.45) is 5.92 Å². The van der Waals surface area contributed by atoms with E-state index in [0.717, 1.165) is 24.1 Å². The van der Waals surface area contributed by atoms with E-state index in [1.165, 1.54) is 22.9 Å². The van der Waals surface area contributed by atoms with Gasteiger partial charge in [-0.05, 0) is 56.5 Å². The van der Waals surface area contributed by atoms with Gasteiger partial charge in [-0.1, -0.05) is 0 Å². The predicted molar refractivity (Wildman–Crippen MR) is 99.2 cm³/mol. The van der Waals surface area contributed by atoms with Crippen molar-refractivity contribution in [1.82, 2.24) is 14.7 Å². The van der Waals surface area contributed by atoms with E-state index in [4.69, 9.17) is 4.74 Å². The van der Waals surface area contributed by atoms with Crippen LogP contribution in [0.5, 0.6) is 5.75 Å². The van der Waals surface area contributed by atoms with E-state index in [2.05, 4.69) is 5.10 Å². The summed E-state index contributed by atoms with van der Waals surface area (Å²) >= 11 is 0. The van der Waals surface area contributed by atoms with Crippen LogP contribution in [0.1, 0.15) is 24.1 Å².